The van der Waals surface area contributed by atoms with Gasteiger partial charge in [-0.25, -0.2) is 0 Å². The first kappa shape index (κ1) is 9.00. The molecule has 2 aliphatic rings. The van der Waals surface area contributed by atoms with Gasteiger partial charge in [0.15, 0.2) is 0 Å². The number of carboxylic acids is 1. The number of nitrogens with one attached hydrogen (secondary N) is 1. The molecule has 0 radical (unpaired) electrons. The van der Waals surface area contributed by atoms with Gasteiger partial charge < -0.3 is 10.4 Å². The van der Waals surface area contributed by atoms with Gasteiger partial charge >= 0.3 is 5.97 Å². The van der Waals surface area contributed by atoms with E-state index < -0.39 is 11.4 Å². The van der Waals surface area contributed by atoms with Crippen molar-refractivity contribution in [1.82, 2.24) is 5.32 Å². The fourth-order valence-corrected chi connectivity index (χ4v) is 2.88. The monoisotopic (exact) mass is 183 g/mol. The first-order valence-corrected chi connectivity index (χ1v) is 5.22. The van der Waals surface area contributed by atoms with Gasteiger partial charge in [0.1, 0.15) is 0 Å². The number of hydrogen-bond donors (Lipinski definition) is 2. The third-order valence-electron chi connectivity index (χ3n) is 3.65. The van der Waals surface area contributed by atoms with E-state index in [1.54, 1.807) is 0 Å². The van der Waals surface area contributed by atoms with Gasteiger partial charge in [-0.05, 0) is 32.2 Å². The molecule has 2 unspecified atom stereocenters. The summed E-state index contributed by atoms with van der Waals surface area (Å²) >= 11 is 0. The number of piperidine rings is 1. The number of carbonyl (C=O) groups is 1. The van der Waals surface area contributed by atoms with E-state index in [-0.39, 0.29) is 6.04 Å². The van der Waals surface area contributed by atoms with Crippen molar-refractivity contribution < 1.29 is 9.90 Å². The van der Waals surface area contributed by atoms with Crippen LogP contribution >= 0.6 is 0 Å². The summed E-state index contributed by atoms with van der Waals surface area (Å²) in [5.74, 6) is -0.579. The molecule has 2 atom stereocenters. The highest BCUT2D eigenvalue weighted by Gasteiger charge is 2.48. The first-order valence-electron chi connectivity index (χ1n) is 5.22. The summed E-state index contributed by atoms with van der Waals surface area (Å²) in [6.07, 6.45) is 6.09. The highest BCUT2D eigenvalue weighted by atomic mass is 16.4. The third kappa shape index (κ3) is 1.35. The Morgan fingerprint density at radius 3 is 2.77 bits per heavy atom. The molecule has 0 bridgehead atoms. The van der Waals surface area contributed by atoms with Gasteiger partial charge in [-0.3, -0.25) is 4.79 Å². The summed E-state index contributed by atoms with van der Waals surface area (Å²) in [6, 6.07) is 0.243. The maximum Gasteiger partial charge on any atom is 0.311 e. The van der Waals surface area contributed by atoms with Gasteiger partial charge in [-0.15, -0.1) is 0 Å². The van der Waals surface area contributed by atoms with Crippen molar-refractivity contribution in [3.8, 4) is 0 Å². The number of rotatable bonds is 1. The molecule has 3 heteroatoms. The van der Waals surface area contributed by atoms with Crippen LogP contribution in [0, 0.1) is 5.41 Å². The predicted octanol–water partition coefficient (Wildman–Crippen LogP) is 1.38. The second kappa shape index (κ2) is 3.29. The average molecular weight is 183 g/mol. The van der Waals surface area contributed by atoms with E-state index in [1.165, 1.54) is 6.42 Å². The van der Waals surface area contributed by atoms with Crippen molar-refractivity contribution in [1.29, 1.82) is 0 Å². The Morgan fingerprint density at radius 2 is 2.08 bits per heavy atom. The molecule has 0 aromatic carbocycles. The molecule has 0 aromatic rings. The van der Waals surface area contributed by atoms with Gasteiger partial charge in [-0.1, -0.05) is 12.8 Å². The molecule has 1 saturated carbocycles. The number of fused-ring (bicyclic) bond motifs is 1. The Hall–Kier alpha value is -0.570. The van der Waals surface area contributed by atoms with E-state index in [2.05, 4.69) is 5.32 Å². The maximum atomic E-state index is 11.3. The molecule has 13 heavy (non-hydrogen) atoms. The van der Waals surface area contributed by atoms with E-state index in [0.29, 0.717) is 0 Å². The zero-order chi connectivity index (χ0) is 9.31. The maximum absolute atomic E-state index is 11.3. The average Bonchev–Trinajstić information content (AvgIpc) is 2.17. The van der Waals surface area contributed by atoms with Gasteiger partial charge in [0.25, 0.3) is 0 Å². The number of hydrogen-bond acceptors (Lipinski definition) is 2. The molecular weight excluding hydrogens is 166 g/mol. The Labute approximate surface area is 78.5 Å². The molecule has 0 spiro atoms. The summed E-state index contributed by atoms with van der Waals surface area (Å²) in [7, 11) is 0. The Morgan fingerprint density at radius 1 is 1.31 bits per heavy atom. The van der Waals surface area contributed by atoms with Crippen molar-refractivity contribution in [2.75, 3.05) is 6.54 Å². The van der Waals surface area contributed by atoms with Crippen LogP contribution in [0.1, 0.15) is 38.5 Å². The predicted molar refractivity (Wildman–Crippen MR) is 49.6 cm³/mol. The molecule has 2 N–H and O–H groups in total. The Kier molecular flexibility index (Phi) is 2.28. The lowest BCUT2D eigenvalue weighted by Gasteiger charge is -2.44. The van der Waals surface area contributed by atoms with E-state index in [1.807, 2.05) is 0 Å². The molecule has 1 heterocycles. The minimum atomic E-state index is -0.579. The molecule has 3 nitrogen and oxygen atoms in total. The summed E-state index contributed by atoms with van der Waals surface area (Å²) < 4.78 is 0. The molecular formula is C10H17NO2. The smallest absolute Gasteiger partial charge is 0.311 e. The summed E-state index contributed by atoms with van der Waals surface area (Å²) in [4.78, 5) is 11.3. The fraction of sp³-hybridized carbons (Fsp3) is 0.900. The van der Waals surface area contributed by atoms with Gasteiger partial charge in [0.05, 0.1) is 5.41 Å². The second-order valence-electron chi connectivity index (χ2n) is 4.32. The SMILES string of the molecule is O=C(O)C12CCCCC1NCCC2. The second-order valence-corrected chi connectivity index (χ2v) is 4.32. The van der Waals surface area contributed by atoms with E-state index in [9.17, 15) is 9.90 Å². The largest absolute Gasteiger partial charge is 0.481 e. The van der Waals surface area contributed by atoms with Crippen molar-refractivity contribution in [3.05, 3.63) is 0 Å². The summed E-state index contributed by atoms with van der Waals surface area (Å²) in [6.45, 7) is 1.000. The van der Waals surface area contributed by atoms with E-state index in [0.717, 1.165) is 38.6 Å². The minimum Gasteiger partial charge on any atom is -0.481 e. The number of carboxylic acid groups (broad SMARTS) is 1. The lowest BCUT2D eigenvalue weighted by atomic mass is 9.66. The lowest BCUT2D eigenvalue weighted by Crippen LogP contribution is -2.55. The zero-order valence-electron chi connectivity index (χ0n) is 7.88. The van der Waals surface area contributed by atoms with Crippen molar-refractivity contribution >= 4 is 5.97 Å². The quantitative estimate of drug-likeness (QED) is 0.645. The Balaban J connectivity index is 2.21. The summed E-state index contributed by atoms with van der Waals surface area (Å²) in [5.41, 5.74) is -0.420. The van der Waals surface area contributed by atoms with Crippen LogP contribution in [0.4, 0.5) is 0 Å². The van der Waals surface area contributed by atoms with Crippen molar-refractivity contribution in [3.63, 3.8) is 0 Å². The van der Waals surface area contributed by atoms with Crippen LogP contribution in [0.25, 0.3) is 0 Å². The first-order chi connectivity index (χ1) is 6.26. The highest BCUT2D eigenvalue weighted by Crippen LogP contribution is 2.42. The highest BCUT2D eigenvalue weighted by molar-refractivity contribution is 5.76. The summed E-state index contributed by atoms with van der Waals surface area (Å²) in [5, 5.41) is 12.6. The number of aliphatic carboxylic acids is 1. The van der Waals surface area contributed by atoms with Gasteiger partial charge in [0.2, 0.25) is 0 Å². The molecule has 2 fully saturated rings. The van der Waals surface area contributed by atoms with Crippen LogP contribution in [-0.2, 0) is 4.79 Å². The van der Waals surface area contributed by atoms with Crippen molar-refractivity contribution in [2.45, 2.75) is 44.6 Å². The topological polar surface area (TPSA) is 49.3 Å². The minimum absolute atomic E-state index is 0.243. The van der Waals surface area contributed by atoms with Gasteiger partial charge in [0, 0.05) is 6.04 Å². The van der Waals surface area contributed by atoms with E-state index in [4.69, 9.17) is 0 Å². The van der Waals surface area contributed by atoms with Crippen LogP contribution < -0.4 is 5.32 Å². The van der Waals surface area contributed by atoms with Crippen LogP contribution in [0.5, 0.6) is 0 Å². The third-order valence-corrected chi connectivity index (χ3v) is 3.65. The van der Waals surface area contributed by atoms with Crippen LogP contribution in [0.2, 0.25) is 0 Å². The molecule has 1 aliphatic heterocycles. The Bertz CT molecular complexity index is 203. The molecule has 1 saturated heterocycles. The molecule has 2 rings (SSSR count). The molecule has 74 valence electrons. The normalized spacial score (nSPS) is 39.5. The standard InChI is InChI=1S/C10H17NO2/c12-9(13)10-5-2-1-4-8(10)11-7-3-6-10/h8,11H,1-7H2,(H,12,13). The van der Waals surface area contributed by atoms with Crippen LogP contribution in [0.15, 0.2) is 0 Å². The van der Waals surface area contributed by atoms with Gasteiger partial charge in [-0.2, -0.15) is 0 Å². The fourth-order valence-electron chi connectivity index (χ4n) is 2.88. The zero-order valence-corrected chi connectivity index (χ0v) is 7.88. The molecule has 0 amide bonds. The van der Waals surface area contributed by atoms with E-state index >= 15 is 0 Å². The van der Waals surface area contributed by atoms with Crippen LogP contribution in [-0.4, -0.2) is 23.7 Å². The van der Waals surface area contributed by atoms with Crippen LogP contribution in [0.3, 0.4) is 0 Å². The van der Waals surface area contributed by atoms with Crippen molar-refractivity contribution in [2.24, 2.45) is 5.41 Å². The molecule has 1 aliphatic carbocycles. The molecule has 0 aromatic heterocycles. The lowest BCUT2D eigenvalue weighted by molar-refractivity contribution is -0.155.